The van der Waals surface area contributed by atoms with Crippen molar-refractivity contribution in [2.75, 3.05) is 12.3 Å². The zero-order chi connectivity index (χ0) is 28.4. The number of terminal acetylenes is 1. The number of aromatic nitrogens is 4. The van der Waals surface area contributed by atoms with Crippen molar-refractivity contribution in [1.82, 2.24) is 24.7 Å². The number of nitrogens with two attached hydrogens (primary N) is 1. The molecular formula is C24H29N6O8P. The lowest BCUT2D eigenvalue weighted by atomic mass is 9.96. The van der Waals surface area contributed by atoms with Gasteiger partial charge in [0.2, 0.25) is 0 Å². The van der Waals surface area contributed by atoms with Gasteiger partial charge in [0.1, 0.15) is 43.0 Å². The summed E-state index contributed by atoms with van der Waals surface area (Å²) in [4.78, 5) is 20.4. The molecule has 0 aliphatic carbocycles. The van der Waals surface area contributed by atoms with Gasteiger partial charge in [-0.15, -0.1) is 6.42 Å². The molecule has 1 fully saturated rings. The summed E-state index contributed by atoms with van der Waals surface area (Å²) in [5.74, 6) is 1.87. The molecule has 4 rings (SSSR count). The monoisotopic (exact) mass is 560 g/mol. The summed E-state index contributed by atoms with van der Waals surface area (Å²) in [7, 11) is -4.35. The molecule has 1 aliphatic rings. The Bertz CT molecular complexity index is 1410. The van der Waals surface area contributed by atoms with Crippen LogP contribution in [0.15, 0.2) is 42.9 Å². The molecule has 208 valence electrons. The van der Waals surface area contributed by atoms with Gasteiger partial charge in [0, 0.05) is 0 Å². The van der Waals surface area contributed by atoms with E-state index in [0.29, 0.717) is 0 Å². The predicted molar refractivity (Wildman–Crippen MR) is 137 cm³/mol. The summed E-state index contributed by atoms with van der Waals surface area (Å²) in [6.07, 6.45) is 3.41. The lowest BCUT2D eigenvalue weighted by molar-refractivity contribution is -0.149. The summed E-state index contributed by atoms with van der Waals surface area (Å²) in [6, 6.07) is 6.98. The number of aliphatic hydroxyl groups is 2. The van der Waals surface area contributed by atoms with Gasteiger partial charge in [-0.25, -0.2) is 19.0 Å². The van der Waals surface area contributed by atoms with E-state index in [1.807, 2.05) is 0 Å². The molecule has 0 saturated carbocycles. The van der Waals surface area contributed by atoms with Crippen LogP contribution in [-0.4, -0.2) is 72.3 Å². The van der Waals surface area contributed by atoms with Crippen molar-refractivity contribution in [2.45, 2.75) is 56.8 Å². The van der Waals surface area contributed by atoms with Crippen molar-refractivity contribution < 1.29 is 38.1 Å². The standard InChI is InChI=1S/C24H29N6O8P/c1-5-24(20(32)18(31)19(37-24)17-11-26-22-21(25)27-13-28-30(17)22)12-35-39(34,38-16-9-7-6-8-10-16)29-15(4)23(33)36-14(2)3/h1,6-11,13-15,18-20,31-32H,12H2,2-4H3,(H,29,34)(H2,25,27,28)/t15-,18?,19-,20?,24+,39-/m0/s1. The lowest BCUT2D eigenvalue weighted by Gasteiger charge is -2.29. The Labute approximate surface area is 224 Å². The van der Waals surface area contributed by atoms with E-state index in [9.17, 15) is 19.6 Å². The second-order valence-corrected chi connectivity index (χ2v) is 10.8. The van der Waals surface area contributed by atoms with Gasteiger partial charge in [0.05, 0.1) is 18.0 Å². The number of hydrogen-bond donors (Lipinski definition) is 4. The zero-order valence-corrected chi connectivity index (χ0v) is 22.3. The van der Waals surface area contributed by atoms with Gasteiger partial charge in [-0.3, -0.25) is 9.32 Å². The normalized spacial score (nSPS) is 25.2. The number of para-hydroxylation sites is 1. The number of rotatable bonds is 10. The Morgan fingerprint density at radius 3 is 2.69 bits per heavy atom. The predicted octanol–water partition coefficient (Wildman–Crippen LogP) is 1.00. The number of benzene rings is 1. The van der Waals surface area contributed by atoms with Gasteiger partial charge in [0.15, 0.2) is 17.1 Å². The van der Waals surface area contributed by atoms with Crippen molar-refractivity contribution in [2.24, 2.45) is 0 Å². The third-order valence-electron chi connectivity index (χ3n) is 5.82. The second kappa shape index (κ2) is 11.3. The quantitative estimate of drug-likeness (QED) is 0.156. The average molecular weight is 561 g/mol. The number of nitrogens with zero attached hydrogens (tertiary/aromatic N) is 4. The third-order valence-corrected chi connectivity index (χ3v) is 7.44. The molecule has 3 aromatic rings. The Kier molecular flexibility index (Phi) is 8.22. The fourth-order valence-electron chi connectivity index (χ4n) is 3.88. The van der Waals surface area contributed by atoms with E-state index in [1.165, 1.54) is 36.1 Å². The number of nitrogens with one attached hydrogen (secondary N) is 1. The van der Waals surface area contributed by atoms with Gasteiger partial charge in [0.25, 0.3) is 0 Å². The molecule has 6 atom stereocenters. The maximum absolute atomic E-state index is 13.8. The Morgan fingerprint density at radius 1 is 1.31 bits per heavy atom. The maximum Gasteiger partial charge on any atom is 0.459 e. The molecule has 1 aromatic carbocycles. The molecule has 1 aliphatic heterocycles. The molecule has 0 spiro atoms. The van der Waals surface area contributed by atoms with Crippen LogP contribution in [0.1, 0.15) is 32.6 Å². The third kappa shape index (κ3) is 5.89. The van der Waals surface area contributed by atoms with Gasteiger partial charge >= 0.3 is 13.7 Å². The smallest absolute Gasteiger partial charge is 0.459 e. The SMILES string of the molecule is C#C[C@]1(CO[P@@](=O)(N[C@@H](C)C(=O)OC(C)C)Oc2ccccc2)O[C@@H](c2cnc3c(N)ncnn23)C(O)C1O. The molecule has 0 bridgehead atoms. The largest absolute Gasteiger partial charge is 0.462 e. The molecule has 0 amide bonds. The first-order valence-corrected chi connectivity index (χ1v) is 13.5. The van der Waals surface area contributed by atoms with Crippen molar-refractivity contribution in [1.29, 1.82) is 0 Å². The number of fused-ring (bicyclic) bond motifs is 1. The molecule has 2 aromatic heterocycles. The van der Waals surface area contributed by atoms with Crippen LogP contribution in [0.25, 0.3) is 5.65 Å². The van der Waals surface area contributed by atoms with Crippen molar-refractivity contribution in [3.8, 4) is 18.1 Å². The molecule has 2 unspecified atom stereocenters. The number of imidazole rings is 1. The minimum atomic E-state index is -4.35. The Hall–Kier alpha value is -3.57. The summed E-state index contributed by atoms with van der Waals surface area (Å²) >= 11 is 0. The fourth-order valence-corrected chi connectivity index (χ4v) is 5.41. The van der Waals surface area contributed by atoms with E-state index in [1.54, 1.807) is 32.0 Å². The maximum atomic E-state index is 13.8. The van der Waals surface area contributed by atoms with Crippen LogP contribution >= 0.6 is 7.75 Å². The number of carbonyl (C=O) groups is 1. The van der Waals surface area contributed by atoms with Crippen molar-refractivity contribution >= 4 is 25.2 Å². The molecule has 5 N–H and O–H groups in total. The number of anilines is 1. The van der Waals surface area contributed by atoms with E-state index < -0.39 is 56.4 Å². The highest BCUT2D eigenvalue weighted by atomic mass is 31.2. The van der Waals surface area contributed by atoms with E-state index in [2.05, 4.69) is 26.1 Å². The van der Waals surface area contributed by atoms with Crippen LogP contribution < -0.4 is 15.3 Å². The summed E-state index contributed by atoms with van der Waals surface area (Å²) < 4.78 is 37.5. The number of esters is 1. The highest BCUT2D eigenvalue weighted by Crippen LogP contribution is 2.48. The number of nitrogen functional groups attached to an aromatic ring is 1. The summed E-state index contributed by atoms with van der Waals surface area (Å²) in [5, 5.41) is 28.4. The number of carbonyl (C=O) groups excluding carboxylic acids is 1. The van der Waals surface area contributed by atoms with Crippen LogP contribution in [0.3, 0.4) is 0 Å². The average Bonchev–Trinajstić information content (AvgIpc) is 3.43. The van der Waals surface area contributed by atoms with Crippen LogP contribution in [0, 0.1) is 12.3 Å². The van der Waals surface area contributed by atoms with Gasteiger partial charge in [-0.05, 0) is 32.9 Å². The van der Waals surface area contributed by atoms with E-state index in [-0.39, 0.29) is 22.9 Å². The van der Waals surface area contributed by atoms with E-state index in [4.69, 9.17) is 30.7 Å². The van der Waals surface area contributed by atoms with Crippen LogP contribution in [0.4, 0.5) is 5.82 Å². The van der Waals surface area contributed by atoms with Crippen molar-refractivity contribution in [3.63, 3.8) is 0 Å². The molecule has 3 heterocycles. The molecule has 1 saturated heterocycles. The topological polar surface area (TPSA) is 193 Å². The van der Waals surface area contributed by atoms with Crippen molar-refractivity contribution in [3.05, 3.63) is 48.5 Å². The summed E-state index contributed by atoms with van der Waals surface area (Å²) in [5.41, 5.74) is 4.29. The van der Waals surface area contributed by atoms with Gasteiger partial charge in [-0.2, -0.15) is 10.2 Å². The second-order valence-electron chi connectivity index (χ2n) is 9.08. The van der Waals surface area contributed by atoms with Crippen LogP contribution in [0.5, 0.6) is 5.75 Å². The molecule has 0 radical (unpaired) electrons. The number of ether oxygens (including phenoxy) is 2. The Morgan fingerprint density at radius 2 is 2.03 bits per heavy atom. The van der Waals surface area contributed by atoms with Gasteiger partial charge < -0.3 is 29.9 Å². The first-order valence-electron chi connectivity index (χ1n) is 11.9. The fraction of sp³-hybridized carbons (Fsp3) is 0.417. The Balaban J connectivity index is 1.59. The van der Waals surface area contributed by atoms with E-state index >= 15 is 0 Å². The van der Waals surface area contributed by atoms with Gasteiger partial charge in [-0.1, -0.05) is 24.1 Å². The first kappa shape index (κ1) is 28.4. The summed E-state index contributed by atoms with van der Waals surface area (Å²) in [6.45, 7) is 4.06. The highest BCUT2D eigenvalue weighted by molar-refractivity contribution is 7.52. The minimum absolute atomic E-state index is 0.0889. The van der Waals surface area contributed by atoms with Crippen LogP contribution in [0.2, 0.25) is 0 Å². The highest BCUT2D eigenvalue weighted by Gasteiger charge is 2.56. The van der Waals surface area contributed by atoms with Crippen LogP contribution in [-0.2, 0) is 23.4 Å². The molecular weight excluding hydrogens is 531 g/mol. The molecule has 15 heteroatoms. The number of aliphatic hydroxyl groups excluding tert-OH is 2. The number of hydrogen-bond acceptors (Lipinski definition) is 12. The minimum Gasteiger partial charge on any atom is -0.462 e. The first-order chi connectivity index (χ1) is 18.5. The van der Waals surface area contributed by atoms with E-state index in [0.717, 1.165) is 0 Å². The zero-order valence-electron chi connectivity index (χ0n) is 21.4. The molecule has 39 heavy (non-hydrogen) atoms. The molecule has 14 nitrogen and oxygen atoms in total. The lowest BCUT2D eigenvalue weighted by Crippen LogP contribution is -2.46.